The zero-order valence-electron chi connectivity index (χ0n) is 13.4. The highest BCUT2D eigenvalue weighted by atomic mass is 79.9. The topological polar surface area (TPSA) is 44.7 Å². The quantitative estimate of drug-likeness (QED) is 0.747. The van der Waals surface area contributed by atoms with Crippen LogP contribution in [0.1, 0.15) is 23.6 Å². The normalized spacial score (nSPS) is 16.9. The molecule has 1 N–H and O–H groups in total. The van der Waals surface area contributed by atoms with E-state index >= 15 is 0 Å². The number of benzene rings is 2. The van der Waals surface area contributed by atoms with E-state index in [4.69, 9.17) is 11.6 Å². The minimum absolute atomic E-state index is 0.0530. The lowest BCUT2D eigenvalue weighted by Gasteiger charge is -2.22. The molecule has 0 saturated carbocycles. The van der Waals surface area contributed by atoms with Gasteiger partial charge in [-0.1, -0.05) is 45.7 Å². The summed E-state index contributed by atoms with van der Waals surface area (Å²) in [5.74, 6) is 0. The maximum atomic E-state index is 12.3. The minimum atomic E-state index is -0.221. The molecule has 0 radical (unpaired) electrons. The lowest BCUT2D eigenvalue weighted by Crippen LogP contribution is -2.41. The first-order valence-corrected chi connectivity index (χ1v) is 8.81. The van der Waals surface area contributed by atoms with Crippen molar-refractivity contribution >= 4 is 39.3 Å². The third-order valence-electron chi connectivity index (χ3n) is 4.00. The Balaban J connectivity index is 2.19. The van der Waals surface area contributed by atoms with Crippen molar-refractivity contribution in [1.29, 1.82) is 0 Å². The summed E-state index contributed by atoms with van der Waals surface area (Å²) in [5.41, 5.74) is 3.86. The lowest BCUT2D eigenvalue weighted by atomic mass is 9.95. The summed E-state index contributed by atoms with van der Waals surface area (Å²) in [7, 11) is 1.61. The van der Waals surface area contributed by atoms with Crippen molar-refractivity contribution in [2.45, 2.75) is 19.4 Å². The van der Waals surface area contributed by atoms with E-state index in [1.54, 1.807) is 7.05 Å². The maximum Gasteiger partial charge on any atom is 0.337 e. The predicted octanol–water partition coefficient (Wildman–Crippen LogP) is 4.44. The summed E-state index contributed by atoms with van der Waals surface area (Å²) in [5, 5.41) is 9.52. The molecule has 2 aromatic rings. The molecule has 1 heterocycles. The number of hydrazone groups is 1. The van der Waals surface area contributed by atoms with Crippen LogP contribution >= 0.6 is 27.5 Å². The second kappa shape index (κ2) is 6.95. The van der Waals surface area contributed by atoms with Crippen LogP contribution in [-0.4, -0.2) is 29.8 Å². The fraction of sp³-hybridized carbons (Fsp3) is 0.222. The van der Waals surface area contributed by atoms with E-state index < -0.39 is 0 Å². The highest BCUT2D eigenvalue weighted by molar-refractivity contribution is 9.10. The van der Waals surface area contributed by atoms with Crippen molar-refractivity contribution in [3.63, 3.8) is 0 Å². The van der Waals surface area contributed by atoms with E-state index in [9.17, 15) is 4.79 Å². The van der Waals surface area contributed by atoms with E-state index in [2.05, 4.69) is 32.4 Å². The van der Waals surface area contributed by atoms with Crippen LogP contribution in [0.2, 0.25) is 5.02 Å². The van der Waals surface area contributed by atoms with Gasteiger partial charge in [-0.05, 0) is 43.2 Å². The highest BCUT2D eigenvalue weighted by Crippen LogP contribution is 2.27. The number of nitrogens with one attached hydrogen (secondary N) is 1. The molecule has 0 bridgehead atoms. The Morgan fingerprint density at radius 3 is 2.67 bits per heavy atom. The van der Waals surface area contributed by atoms with Crippen LogP contribution in [-0.2, 0) is 6.42 Å². The summed E-state index contributed by atoms with van der Waals surface area (Å²) in [6.45, 7) is 1.99. The number of rotatable bonds is 1. The molecule has 0 spiro atoms. The van der Waals surface area contributed by atoms with Gasteiger partial charge in [0.15, 0.2) is 0 Å². The van der Waals surface area contributed by atoms with Gasteiger partial charge in [-0.25, -0.2) is 9.80 Å². The van der Waals surface area contributed by atoms with Crippen LogP contribution in [0.3, 0.4) is 0 Å². The standard InChI is InChI=1S/C18H17BrClN3O/c1-11-9-13-10-14(19)5-8-16(13)17(22-23(11)18(24)21-2)12-3-6-15(20)7-4-12/h3-8,10-11H,9H2,1-2H3,(H,21,24). The summed E-state index contributed by atoms with van der Waals surface area (Å²) >= 11 is 9.54. The van der Waals surface area contributed by atoms with Crippen LogP contribution in [0.25, 0.3) is 0 Å². The number of carbonyl (C=O) groups is 1. The largest absolute Gasteiger partial charge is 0.340 e. The Kier molecular flexibility index (Phi) is 4.92. The molecule has 0 aromatic heterocycles. The molecule has 24 heavy (non-hydrogen) atoms. The number of halogens is 2. The Bertz CT molecular complexity index is 804. The smallest absolute Gasteiger partial charge is 0.337 e. The molecule has 2 aromatic carbocycles. The van der Waals surface area contributed by atoms with Gasteiger partial charge in [-0.2, -0.15) is 5.10 Å². The van der Waals surface area contributed by atoms with Gasteiger partial charge in [0.1, 0.15) is 0 Å². The van der Waals surface area contributed by atoms with Gasteiger partial charge in [-0.15, -0.1) is 0 Å². The Labute approximate surface area is 154 Å². The van der Waals surface area contributed by atoms with Crippen LogP contribution in [0, 0.1) is 0 Å². The second-order valence-electron chi connectivity index (χ2n) is 5.71. The van der Waals surface area contributed by atoms with E-state index in [0.717, 1.165) is 33.3 Å². The monoisotopic (exact) mass is 405 g/mol. The third kappa shape index (κ3) is 3.32. The van der Waals surface area contributed by atoms with Crippen molar-refractivity contribution in [2.75, 3.05) is 7.05 Å². The average Bonchev–Trinajstić information content (AvgIpc) is 2.70. The number of fused-ring (bicyclic) bond motifs is 1. The van der Waals surface area contributed by atoms with Crippen LogP contribution < -0.4 is 5.32 Å². The molecular weight excluding hydrogens is 390 g/mol. The van der Waals surface area contributed by atoms with Gasteiger partial charge in [0, 0.05) is 27.7 Å². The number of amides is 2. The van der Waals surface area contributed by atoms with E-state index in [0.29, 0.717) is 5.02 Å². The number of hydrogen-bond acceptors (Lipinski definition) is 2. The Morgan fingerprint density at radius 1 is 1.29 bits per heavy atom. The highest BCUT2D eigenvalue weighted by Gasteiger charge is 2.26. The average molecular weight is 407 g/mol. The van der Waals surface area contributed by atoms with Gasteiger partial charge >= 0.3 is 6.03 Å². The van der Waals surface area contributed by atoms with Gasteiger partial charge in [-0.3, -0.25) is 0 Å². The molecule has 0 aliphatic carbocycles. The summed E-state index contributed by atoms with van der Waals surface area (Å²) in [6.07, 6.45) is 0.725. The van der Waals surface area contributed by atoms with Gasteiger partial charge in [0.25, 0.3) is 0 Å². The van der Waals surface area contributed by atoms with Gasteiger partial charge in [0.05, 0.1) is 11.8 Å². The van der Waals surface area contributed by atoms with Crippen molar-refractivity contribution in [1.82, 2.24) is 10.3 Å². The zero-order valence-corrected chi connectivity index (χ0v) is 15.7. The zero-order chi connectivity index (χ0) is 17.3. The third-order valence-corrected chi connectivity index (χ3v) is 4.75. The summed E-state index contributed by atoms with van der Waals surface area (Å²) in [4.78, 5) is 12.3. The van der Waals surface area contributed by atoms with E-state index in [-0.39, 0.29) is 12.1 Å². The lowest BCUT2D eigenvalue weighted by molar-refractivity contribution is 0.184. The Hall–Kier alpha value is -1.85. The van der Waals surface area contributed by atoms with Crippen molar-refractivity contribution in [2.24, 2.45) is 5.10 Å². The molecule has 0 fully saturated rings. The summed E-state index contributed by atoms with van der Waals surface area (Å²) in [6, 6.07) is 13.3. The molecule has 4 nitrogen and oxygen atoms in total. The molecule has 3 rings (SSSR count). The first-order chi connectivity index (χ1) is 11.5. The molecule has 1 atom stereocenters. The van der Waals surface area contributed by atoms with Gasteiger partial charge < -0.3 is 5.32 Å². The maximum absolute atomic E-state index is 12.3. The Morgan fingerprint density at radius 2 is 2.00 bits per heavy atom. The first kappa shape index (κ1) is 17.0. The van der Waals surface area contributed by atoms with Gasteiger partial charge in [0.2, 0.25) is 0 Å². The molecule has 0 saturated heterocycles. The van der Waals surface area contributed by atoms with Crippen LogP contribution in [0.4, 0.5) is 4.79 Å². The second-order valence-corrected chi connectivity index (χ2v) is 7.06. The summed E-state index contributed by atoms with van der Waals surface area (Å²) < 4.78 is 1.01. The minimum Gasteiger partial charge on any atom is -0.340 e. The molecule has 1 unspecified atom stereocenters. The van der Waals surface area contributed by atoms with Crippen molar-refractivity contribution in [3.05, 3.63) is 68.7 Å². The number of carbonyl (C=O) groups excluding carboxylic acids is 1. The number of urea groups is 1. The molecule has 2 amide bonds. The van der Waals surface area contributed by atoms with E-state index in [1.807, 2.05) is 43.3 Å². The fourth-order valence-electron chi connectivity index (χ4n) is 2.81. The molecule has 1 aliphatic heterocycles. The molecule has 1 aliphatic rings. The van der Waals surface area contributed by atoms with E-state index in [1.165, 1.54) is 5.01 Å². The predicted molar refractivity (Wildman–Crippen MR) is 101 cm³/mol. The fourth-order valence-corrected chi connectivity index (χ4v) is 3.34. The molecule has 6 heteroatoms. The first-order valence-electron chi connectivity index (χ1n) is 7.64. The number of nitrogens with zero attached hydrogens (tertiary/aromatic N) is 2. The van der Waals surface area contributed by atoms with Crippen LogP contribution in [0.15, 0.2) is 52.0 Å². The van der Waals surface area contributed by atoms with Crippen molar-refractivity contribution < 1.29 is 4.79 Å². The van der Waals surface area contributed by atoms with Crippen molar-refractivity contribution in [3.8, 4) is 0 Å². The molecule has 124 valence electrons. The number of hydrogen-bond donors (Lipinski definition) is 1. The molecular formula is C18H17BrClN3O. The SMILES string of the molecule is CNC(=O)N1N=C(c2ccc(Cl)cc2)c2ccc(Br)cc2CC1C. The van der Waals surface area contributed by atoms with Crippen LogP contribution in [0.5, 0.6) is 0 Å².